The maximum Gasteiger partial charge on any atom is 0.300 e. The standard InChI is InChI=1S/C22H30Cl2N10.C2H4O2.H2O/c23-15-5-9-17(10-6-15)31-21(27)33-19(25)29-13-3-1-2-4-14-30-20(26)34-22(28)32-18-11-7-16(24)8-12-18;1-2(3)4;/h5-12H,1-4,13-14H2,(H5,25,27,29,31,33)(H5,26,28,30,32,34);1H3,(H,3,4);1H2. The van der Waals surface area contributed by atoms with E-state index in [0.29, 0.717) is 23.1 Å². The van der Waals surface area contributed by atoms with Crippen LogP contribution < -0.4 is 33.6 Å². The predicted molar refractivity (Wildman–Crippen MR) is 162 cm³/mol. The number of unbranched alkanes of at least 4 members (excludes halogenated alkanes) is 3. The third-order valence-electron chi connectivity index (χ3n) is 4.32. The highest BCUT2D eigenvalue weighted by molar-refractivity contribution is 6.31. The normalized spacial score (nSPS) is 12.1. The van der Waals surface area contributed by atoms with E-state index in [9.17, 15) is 0 Å². The van der Waals surface area contributed by atoms with Gasteiger partial charge in [-0.05, 0) is 61.4 Å². The number of nitrogens with one attached hydrogen (secondary N) is 2. The smallest absolute Gasteiger partial charge is 0.300 e. The zero-order valence-corrected chi connectivity index (χ0v) is 23.1. The number of carboxylic acids is 1. The van der Waals surface area contributed by atoms with Crippen molar-refractivity contribution in [2.24, 2.45) is 42.9 Å². The van der Waals surface area contributed by atoms with E-state index in [2.05, 4.69) is 30.6 Å². The molecule has 0 spiro atoms. The fourth-order valence-electron chi connectivity index (χ4n) is 2.70. The van der Waals surface area contributed by atoms with E-state index >= 15 is 0 Å². The number of carboxylic acid groups (broad SMARTS) is 1. The highest BCUT2D eigenvalue weighted by Crippen LogP contribution is 2.13. The second-order valence-corrected chi connectivity index (χ2v) is 8.54. The second-order valence-electron chi connectivity index (χ2n) is 7.67. The summed E-state index contributed by atoms with van der Waals surface area (Å²) in [7, 11) is 0. The van der Waals surface area contributed by atoms with Crippen LogP contribution in [0.25, 0.3) is 0 Å². The van der Waals surface area contributed by atoms with Crippen molar-refractivity contribution < 1.29 is 15.4 Å². The Hall–Kier alpha value is -4.07. The molecule has 0 radical (unpaired) electrons. The van der Waals surface area contributed by atoms with Crippen LogP contribution in [0.1, 0.15) is 32.6 Å². The van der Waals surface area contributed by atoms with E-state index in [1.54, 1.807) is 48.5 Å². The average Bonchev–Trinajstić information content (AvgIpc) is 2.83. The Bertz CT molecular complexity index is 1030. The lowest BCUT2D eigenvalue weighted by atomic mass is 10.2. The molecule has 2 aromatic rings. The van der Waals surface area contributed by atoms with E-state index < -0.39 is 5.97 Å². The molecule has 0 bridgehead atoms. The Kier molecular flexibility index (Phi) is 17.9. The lowest BCUT2D eigenvalue weighted by molar-refractivity contribution is -0.134. The molecule has 13 N–H and O–H groups in total. The van der Waals surface area contributed by atoms with Crippen molar-refractivity contribution in [2.75, 3.05) is 23.7 Å². The lowest BCUT2D eigenvalue weighted by Gasteiger charge is -2.05. The van der Waals surface area contributed by atoms with Crippen molar-refractivity contribution in [3.05, 3.63) is 58.6 Å². The molecule has 0 unspecified atom stereocenters. The third kappa shape index (κ3) is 18.8. The van der Waals surface area contributed by atoms with Crippen molar-refractivity contribution in [3.63, 3.8) is 0 Å². The molecule has 13 nitrogen and oxygen atoms in total. The molecule has 0 amide bonds. The Balaban J connectivity index is 0.00000269. The number of hydrogen-bond acceptors (Lipinski definition) is 3. The quantitative estimate of drug-likeness (QED) is 0.131. The molecule has 0 aliphatic carbocycles. The van der Waals surface area contributed by atoms with Gasteiger partial charge < -0.3 is 44.2 Å². The molecule has 0 heterocycles. The van der Waals surface area contributed by atoms with Gasteiger partial charge in [0, 0.05) is 41.4 Å². The van der Waals surface area contributed by atoms with Crippen molar-refractivity contribution in [1.82, 2.24) is 0 Å². The average molecular weight is 584 g/mol. The molecule has 0 aliphatic rings. The van der Waals surface area contributed by atoms with E-state index in [4.69, 9.17) is 56.0 Å². The maximum atomic E-state index is 9.00. The Morgan fingerprint density at radius 1 is 0.718 bits per heavy atom. The van der Waals surface area contributed by atoms with Gasteiger partial charge in [-0.1, -0.05) is 36.0 Å². The molecule has 0 fully saturated rings. The molecular weight excluding hydrogens is 547 g/mol. The van der Waals surface area contributed by atoms with Crippen LogP contribution >= 0.6 is 23.2 Å². The van der Waals surface area contributed by atoms with Crippen LogP contribution in [0, 0.1) is 0 Å². The number of carbonyl (C=O) groups is 1. The molecule has 39 heavy (non-hydrogen) atoms. The number of aliphatic carboxylic acids is 1. The Labute approximate surface area is 237 Å². The number of benzene rings is 2. The second kappa shape index (κ2) is 20.0. The van der Waals surface area contributed by atoms with Crippen LogP contribution in [-0.4, -0.2) is 53.5 Å². The summed E-state index contributed by atoms with van der Waals surface area (Å²) < 4.78 is 0. The number of anilines is 2. The molecule has 15 heteroatoms. The van der Waals surface area contributed by atoms with Gasteiger partial charge in [0.2, 0.25) is 23.8 Å². The summed E-state index contributed by atoms with van der Waals surface area (Å²) in [6, 6.07) is 14.1. The maximum absolute atomic E-state index is 9.00. The van der Waals surface area contributed by atoms with Gasteiger partial charge in [0.15, 0.2) is 0 Å². The van der Waals surface area contributed by atoms with Gasteiger partial charge >= 0.3 is 0 Å². The molecule has 0 atom stereocenters. The first-order valence-electron chi connectivity index (χ1n) is 11.6. The fourth-order valence-corrected chi connectivity index (χ4v) is 2.95. The summed E-state index contributed by atoms with van der Waals surface area (Å²) in [5, 5.41) is 14.5. The fraction of sp³-hybridized carbons (Fsp3) is 0.292. The number of aliphatic imine (C=N–C) groups is 4. The molecular formula is C24H36Cl2N10O3. The van der Waals surface area contributed by atoms with Crippen LogP contribution in [0.4, 0.5) is 11.4 Å². The van der Waals surface area contributed by atoms with Crippen LogP contribution in [0.2, 0.25) is 10.0 Å². The topological polar surface area (TPSA) is 246 Å². The van der Waals surface area contributed by atoms with Gasteiger partial charge in [-0.3, -0.25) is 14.8 Å². The summed E-state index contributed by atoms with van der Waals surface area (Å²) >= 11 is 11.7. The van der Waals surface area contributed by atoms with Gasteiger partial charge in [0.05, 0.1) is 0 Å². The molecule has 2 aromatic carbocycles. The number of hydrogen-bond donors (Lipinski definition) is 7. The number of rotatable bonds is 9. The largest absolute Gasteiger partial charge is 0.481 e. The number of guanidine groups is 4. The van der Waals surface area contributed by atoms with E-state index in [0.717, 1.165) is 44.0 Å². The van der Waals surface area contributed by atoms with Crippen molar-refractivity contribution >= 4 is 64.4 Å². The first-order valence-corrected chi connectivity index (χ1v) is 12.3. The van der Waals surface area contributed by atoms with Gasteiger partial charge in [0.25, 0.3) is 5.97 Å². The minimum atomic E-state index is -0.833. The van der Waals surface area contributed by atoms with Gasteiger partial charge in [0.1, 0.15) is 0 Å². The minimum Gasteiger partial charge on any atom is -0.481 e. The van der Waals surface area contributed by atoms with Crippen molar-refractivity contribution in [2.45, 2.75) is 32.6 Å². The molecule has 214 valence electrons. The molecule has 0 aliphatic heterocycles. The Morgan fingerprint density at radius 2 is 1.03 bits per heavy atom. The first kappa shape index (κ1) is 34.9. The van der Waals surface area contributed by atoms with E-state index in [-0.39, 0.29) is 29.3 Å². The van der Waals surface area contributed by atoms with Gasteiger partial charge in [-0.15, -0.1) is 0 Å². The van der Waals surface area contributed by atoms with Crippen LogP contribution in [0.5, 0.6) is 0 Å². The molecule has 0 saturated carbocycles. The number of halogens is 2. The Morgan fingerprint density at radius 3 is 1.33 bits per heavy atom. The summed E-state index contributed by atoms with van der Waals surface area (Å²) in [5.41, 5.74) is 24.8. The van der Waals surface area contributed by atoms with Gasteiger partial charge in [-0.25, -0.2) is 0 Å². The molecule has 0 saturated heterocycles. The first-order chi connectivity index (χ1) is 18.0. The molecule has 0 aromatic heterocycles. The molecule has 2 rings (SSSR count). The summed E-state index contributed by atoms with van der Waals surface area (Å²) in [5.74, 6) is -0.269. The highest BCUT2D eigenvalue weighted by Gasteiger charge is 1.99. The third-order valence-corrected chi connectivity index (χ3v) is 4.82. The highest BCUT2D eigenvalue weighted by atomic mass is 35.5. The monoisotopic (exact) mass is 582 g/mol. The summed E-state index contributed by atoms with van der Waals surface area (Å²) in [6.45, 7) is 2.21. The number of nitrogens with two attached hydrogens (primary N) is 4. The zero-order chi connectivity index (χ0) is 28.3. The zero-order valence-electron chi connectivity index (χ0n) is 21.6. The van der Waals surface area contributed by atoms with E-state index in [1.807, 2.05) is 0 Å². The van der Waals surface area contributed by atoms with E-state index in [1.165, 1.54) is 0 Å². The van der Waals surface area contributed by atoms with Crippen LogP contribution in [0.3, 0.4) is 0 Å². The lowest BCUT2D eigenvalue weighted by Crippen LogP contribution is -2.26. The summed E-state index contributed by atoms with van der Waals surface area (Å²) in [4.78, 5) is 25.5. The summed E-state index contributed by atoms with van der Waals surface area (Å²) in [6.07, 6.45) is 3.68. The SMILES string of the molecule is CC(=O)O.NC(=NCCCCCCN=C(N)N=C(N)Nc1ccc(Cl)cc1)N=C(N)Nc1ccc(Cl)cc1.O. The number of nitrogens with zero attached hydrogens (tertiary/aromatic N) is 4. The van der Waals surface area contributed by atoms with Crippen molar-refractivity contribution in [1.29, 1.82) is 0 Å². The van der Waals surface area contributed by atoms with Crippen LogP contribution in [-0.2, 0) is 4.79 Å². The van der Waals surface area contributed by atoms with Crippen molar-refractivity contribution in [3.8, 4) is 0 Å². The predicted octanol–water partition coefficient (Wildman–Crippen LogP) is 2.60. The van der Waals surface area contributed by atoms with Gasteiger partial charge in [-0.2, -0.15) is 9.98 Å². The van der Waals surface area contributed by atoms with Crippen LogP contribution in [0.15, 0.2) is 68.5 Å². The minimum absolute atomic E-state index is 0.